The summed E-state index contributed by atoms with van der Waals surface area (Å²) in [4.78, 5) is 30.2. The molecule has 2 atom stereocenters. The first kappa shape index (κ1) is 37.0. The molecule has 48 heavy (non-hydrogen) atoms. The third kappa shape index (κ3) is 9.40. The first-order chi connectivity index (χ1) is 22.8. The van der Waals surface area contributed by atoms with Crippen LogP contribution in [0.3, 0.4) is 0 Å². The molecule has 0 aliphatic heterocycles. The summed E-state index contributed by atoms with van der Waals surface area (Å²) in [6.45, 7) is 9.24. The van der Waals surface area contributed by atoms with Gasteiger partial charge in [0.25, 0.3) is 10.0 Å². The highest BCUT2D eigenvalue weighted by molar-refractivity contribution is 7.92. The lowest BCUT2D eigenvalue weighted by atomic mass is 10.0. The van der Waals surface area contributed by atoms with Crippen LogP contribution in [-0.4, -0.2) is 43.8 Å². The Labute approximate surface area is 294 Å². The van der Waals surface area contributed by atoms with Crippen molar-refractivity contribution in [2.24, 2.45) is 0 Å². The molecule has 0 saturated heterocycles. The van der Waals surface area contributed by atoms with Crippen molar-refractivity contribution in [1.29, 1.82) is 0 Å². The molecule has 0 spiro atoms. The second-order valence-electron chi connectivity index (χ2n) is 12.4. The third-order valence-corrected chi connectivity index (χ3v) is 10.7. The van der Waals surface area contributed by atoms with Gasteiger partial charge in [0.05, 0.1) is 10.6 Å². The monoisotopic (exact) mass is 707 g/mol. The van der Waals surface area contributed by atoms with E-state index in [1.807, 2.05) is 63.2 Å². The minimum atomic E-state index is -4.21. The molecule has 0 fully saturated rings. The number of carbonyl (C=O) groups is 2. The van der Waals surface area contributed by atoms with Gasteiger partial charge in [-0.3, -0.25) is 13.9 Å². The Morgan fingerprint density at radius 3 is 2.08 bits per heavy atom. The Hall–Kier alpha value is -3.85. The maximum atomic E-state index is 14.7. The van der Waals surface area contributed by atoms with E-state index in [4.69, 9.17) is 23.2 Å². The minimum absolute atomic E-state index is 0.0506. The van der Waals surface area contributed by atoms with Crippen molar-refractivity contribution in [3.63, 3.8) is 0 Å². The van der Waals surface area contributed by atoms with Gasteiger partial charge in [-0.15, -0.1) is 0 Å². The van der Waals surface area contributed by atoms with Gasteiger partial charge in [0.1, 0.15) is 12.6 Å². The molecule has 2 amide bonds. The summed E-state index contributed by atoms with van der Waals surface area (Å²) in [7, 11) is -4.21. The molecule has 0 unspecified atom stereocenters. The summed E-state index contributed by atoms with van der Waals surface area (Å²) in [6, 6.07) is 26.9. The molecule has 10 heteroatoms. The molecule has 1 N–H and O–H groups in total. The van der Waals surface area contributed by atoms with Gasteiger partial charge in [-0.1, -0.05) is 110 Å². The van der Waals surface area contributed by atoms with E-state index in [1.54, 1.807) is 42.5 Å². The van der Waals surface area contributed by atoms with E-state index in [9.17, 15) is 18.0 Å². The molecule has 254 valence electrons. The Morgan fingerprint density at radius 2 is 1.50 bits per heavy atom. The number of aryl methyl sites for hydroxylation is 1. The maximum Gasteiger partial charge on any atom is 0.264 e. The molecular formula is C38H43Cl2N3O4S. The predicted octanol–water partition coefficient (Wildman–Crippen LogP) is 8.18. The second kappa shape index (κ2) is 16.5. The predicted molar refractivity (Wildman–Crippen MR) is 195 cm³/mol. The van der Waals surface area contributed by atoms with Crippen LogP contribution in [0.5, 0.6) is 0 Å². The molecular weight excluding hydrogens is 665 g/mol. The zero-order valence-corrected chi connectivity index (χ0v) is 30.3. The van der Waals surface area contributed by atoms with Gasteiger partial charge in [-0.2, -0.15) is 0 Å². The fraction of sp³-hybridized carbons (Fsp3) is 0.316. The zero-order valence-electron chi connectivity index (χ0n) is 28.0. The second-order valence-corrected chi connectivity index (χ2v) is 15.1. The largest absolute Gasteiger partial charge is 0.352 e. The van der Waals surface area contributed by atoms with Gasteiger partial charge >= 0.3 is 0 Å². The van der Waals surface area contributed by atoms with Crippen LogP contribution in [0.25, 0.3) is 0 Å². The van der Waals surface area contributed by atoms with E-state index >= 15 is 0 Å². The number of sulfonamides is 1. The molecule has 0 radical (unpaired) electrons. The number of anilines is 1. The Kier molecular flexibility index (Phi) is 12.7. The fourth-order valence-corrected chi connectivity index (χ4v) is 7.10. The lowest BCUT2D eigenvalue weighted by Crippen LogP contribution is -2.54. The fourth-order valence-electron chi connectivity index (χ4n) is 5.22. The number of rotatable bonds is 14. The highest BCUT2D eigenvalue weighted by atomic mass is 35.5. The molecule has 0 bridgehead atoms. The number of benzene rings is 4. The topological polar surface area (TPSA) is 86.8 Å². The quantitative estimate of drug-likeness (QED) is 0.143. The van der Waals surface area contributed by atoms with Gasteiger partial charge in [0, 0.05) is 29.1 Å². The lowest BCUT2D eigenvalue weighted by Gasteiger charge is -2.34. The summed E-state index contributed by atoms with van der Waals surface area (Å²) < 4.78 is 29.7. The normalized spacial score (nSPS) is 12.8. The molecule has 0 aliphatic rings. The smallest absolute Gasteiger partial charge is 0.264 e. The summed E-state index contributed by atoms with van der Waals surface area (Å²) in [5.41, 5.74) is 3.68. The van der Waals surface area contributed by atoms with Crippen molar-refractivity contribution in [3.05, 3.63) is 129 Å². The summed E-state index contributed by atoms with van der Waals surface area (Å²) in [5, 5.41) is 3.80. The van der Waals surface area contributed by atoms with Crippen LogP contribution in [0.4, 0.5) is 5.69 Å². The van der Waals surface area contributed by atoms with E-state index in [2.05, 4.69) is 19.2 Å². The van der Waals surface area contributed by atoms with Crippen molar-refractivity contribution in [3.8, 4) is 0 Å². The zero-order chi connectivity index (χ0) is 35.0. The van der Waals surface area contributed by atoms with Crippen LogP contribution in [0.2, 0.25) is 10.0 Å². The summed E-state index contributed by atoms with van der Waals surface area (Å²) >= 11 is 12.8. The Morgan fingerprint density at radius 1 is 0.854 bits per heavy atom. The standard InChI is InChI=1S/C38H43Cl2N3O4S/c1-6-28(5)41-38(45)36(22-29-10-8-7-9-11-29)42(24-31-14-17-32(39)23-35(31)40)37(44)25-43(33-18-15-30(16-19-33)26(2)3)48(46,47)34-20-12-27(4)13-21-34/h7-21,23,26,28,36H,6,22,24-25H2,1-5H3,(H,41,45)/t28-,36-/m0/s1. The molecule has 7 nitrogen and oxygen atoms in total. The van der Waals surface area contributed by atoms with Crippen molar-refractivity contribution in [1.82, 2.24) is 10.2 Å². The van der Waals surface area contributed by atoms with Gasteiger partial charge in [-0.05, 0) is 79.3 Å². The molecule has 0 aliphatic carbocycles. The van der Waals surface area contributed by atoms with Gasteiger partial charge < -0.3 is 10.2 Å². The maximum absolute atomic E-state index is 14.7. The molecule has 0 aromatic heterocycles. The minimum Gasteiger partial charge on any atom is -0.352 e. The first-order valence-electron chi connectivity index (χ1n) is 16.1. The van der Waals surface area contributed by atoms with Crippen LogP contribution in [0.15, 0.2) is 102 Å². The number of hydrogen-bond acceptors (Lipinski definition) is 4. The van der Waals surface area contributed by atoms with Crippen LogP contribution >= 0.6 is 23.2 Å². The molecule has 4 aromatic rings. The number of nitrogens with zero attached hydrogens (tertiary/aromatic N) is 2. The number of hydrogen-bond donors (Lipinski definition) is 1. The van der Waals surface area contributed by atoms with E-state index in [0.717, 1.165) is 21.0 Å². The van der Waals surface area contributed by atoms with Crippen molar-refractivity contribution < 1.29 is 18.0 Å². The number of carbonyl (C=O) groups excluding carboxylic acids is 2. The van der Waals surface area contributed by atoms with Gasteiger partial charge in [0.2, 0.25) is 11.8 Å². The number of halogens is 2. The Balaban J connectivity index is 1.84. The van der Waals surface area contributed by atoms with Crippen LogP contribution in [0, 0.1) is 6.92 Å². The van der Waals surface area contributed by atoms with Gasteiger partial charge in [0.15, 0.2) is 0 Å². The molecule has 0 saturated carbocycles. The van der Waals surface area contributed by atoms with Crippen LogP contribution < -0.4 is 9.62 Å². The molecule has 4 aromatic carbocycles. The van der Waals surface area contributed by atoms with Gasteiger partial charge in [-0.25, -0.2) is 8.42 Å². The Bertz CT molecular complexity index is 1800. The van der Waals surface area contributed by atoms with E-state index < -0.39 is 28.5 Å². The van der Waals surface area contributed by atoms with E-state index in [0.29, 0.717) is 27.7 Å². The number of nitrogens with one attached hydrogen (secondary N) is 1. The third-order valence-electron chi connectivity index (χ3n) is 8.36. The lowest BCUT2D eigenvalue weighted by molar-refractivity contribution is -0.140. The summed E-state index contributed by atoms with van der Waals surface area (Å²) in [6.07, 6.45) is 0.892. The van der Waals surface area contributed by atoms with E-state index in [1.165, 1.54) is 17.0 Å². The van der Waals surface area contributed by atoms with Crippen LogP contribution in [0.1, 0.15) is 62.3 Å². The van der Waals surface area contributed by atoms with E-state index in [-0.39, 0.29) is 35.7 Å². The molecule has 0 heterocycles. The molecule has 4 rings (SSSR count). The van der Waals surface area contributed by atoms with Crippen LogP contribution in [-0.2, 0) is 32.6 Å². The summed E-state index contributed by atoms with van der Waals surface area (Å²) in [5.74, 6) is -0.684. The van der Waals surface area contributed by atoms with Crippen molar-refractivity contribution in [2.75, 3.05) is 10.8 Å². The highest BCUT2D eigenvalue weighted by Gasteiger charge is 2.35. The average Bonchev–Trinajstić information content (AvgIpc) is 3.06. The first-order valence-corrected chi connectivity index (χ1v) is 18.3. The van der Waals surface area contributed by atoms with Crippen molar-refractivity contribution >= 4 is 50.7 Å². The average molecular weight is 709 g/mol. The van der Waals surface area contributed by atoms with Crippen molar-refractivity contribution in [2.45, 2.75) is 76.9 Å². The highest BCUT2D eigenvalue weighted by Crippen LogP contribution is 2.28. The SMILES string of the molecule is CC[C@H](C)NC(=O)[C@H](Cc1ccccc1)N(Cc1ccc(Cl)cc1Cl)C(=O)CN(c1ccc(C(C)C)cc1)S(=O)(=O)c1ccc(C)cc1. The number of amides is 2.